The fourth-order valence-corrected chi connectivity index (χ4v) is 2.99. The van der Waals surface area contributed by atoms with Gasteiger partial charge in [0.2, 0.25) is 5.91 Å². The summed E-state index contributed by atoms with van der Waals surface area (Å²) in [6.45, 7) is 3.74. The van der Waals surface area contributed by atoms with Crippen molar-refractivity contribution in [2.24, 2.45) is 11.1 Å². The molecule has 0 aromatic heterocycles. The smallest absolute Gasteiger partial charge is 0.224 e. The van der Waals surface area contributed by atoms with E-state index in [-0.39, 0.29) is 11.8 Å². The van der Waals surface area contributed by atoms with E-state index in [0.29, 0.717) is 11.5 Å². The number of benzene rings is 2. The fraction of sp³-hybridized carbons (Fsp3) is 0.278. The SMILES string of the molecule is COc1ccc2c(c1)Oc1ccccc1[C@@H]2C(C)(C)C(N)=O. The molecule has 1 atom stereocenters. The van der Waals surface area contributed by atoms with Gasteiger partial charge in [0.15, 0.2) is 0 Å². The Morgan fingerprint density at radius 3 is 2.50 bits per heavy atom. The van der Waals surface area contributed by atoms with E-state index in [1.165, 1.54) is 0 Å². The Balaban J connectivity index is 2.23. The molecule has 3 rings (SSSR count). The van der Waals surface area contributed by atoms with Crippen molar-refractivity contribution in [1.82, 2.24) is 0 Å². The molecule has 0 saturated carbocycles. The van der Waals surface area contributed by atoms with Crippen LogP contribution in [0, 0.1) is 5.41 Å². The Kier molecular flexibility index (Phi) is 3.32. The number of ether oxygens (including phenoxy) is 2. The van der Waals surface area contributed by atoms with Gasteiger partial charge in [0.25, 0.3) is 0 Å². The predicted molar refractivity (Wildman–Crippen MR) is 84.3 cm³/mol. The third kappa shape index (κ3) is 2.11. The van der Waals surface area contributed by atoms with E-state index in [1.54, 1.807) is 7.11 Å². The number of rotatable bonds is 3. The first kappa shape index (κ1) is 14.4. The summed E-state index contributed by atoms with van der Waals surface area (Å²) in [5.41, 5.74) is 6.86. The fourth-order valence-electron chi connectivity index (χ4n) is 2.99. The van der Waals surface area contributed by atoms with E-state index in [4.69, 9.17) is 15.2 Å². The Hall–Kier alpha value is -2.49. The van der Waals surface area contributed by atoms with Gasteiger partial charge in [0, 0.05) is 23.1 Å². The minimum absolute atomic E-state index is 0.157. The first-order valence-electron chi connectivity index (χ1n) is 7.19. The Morgan fingerprint density at radius 1 is 1.14 bits per heavy atom. The molecule has 1 aliphatic heterocycles. The van der Waals surface area contributed by atoms with Crippen LogP contribution in [-0.2, 0) is 4.79 Å². The molecule has 2 N–H and O–H groups in total. The summed E-state index contributed by atoms with van der Waals surface area (Å²) in [4.78, 5) is 12.0. The molecule has 2 aromatic carbocycles. The molecule has 0 spiro atoms. The van der Waals surface area contributed by atoms with Crippen molar-refractivity contribution in [2.45, 2.75) is 19.8 Å². The van der Waals surface area contributed by atoms with E-state index in [0.717, 1.165) is 16.9 Å². The van der Waals surface area contributed by atoms with Crippen LogP contribution in [0.3, 0.4) is 0 Å². The van der Waals surface area contributed by atoms with E-state index in [9.17, 15) is 4.79 Å². The summed E-state index contributed by atoms with van der Waals surface area (Å²) in [6, 6.07) is 13.4. The molecular formula is C18H19NO3. The molecule has 22 heavy (non-hydrogen) atoms. The third-order valence-electron chi connectivity index (χ3n) is 4.34. The van der Waals surface area contributed by atoms with Gasteiger partial charge in [-0.15, -0.1) is 0 Å². The maximum absolute atomic E-state index is 12.0. The highest BCUT2D eigenvalue weighted by Gasteiger charge is 2.42. The highest BCUT2D eigenvalue weighted by molar-refractivity contribution is 5.83. The van der Waals surface area contributed by atoms with Gasteiger partial charge in [-0.1, -0.05) is 38.1 Å². The zero-order chi connectivity index (χ0) is 15.9. The molecule has 0 bridgehead atoms. The van der Waals surface area contributed by atoms with Crippen LogP contribution in [0.5, 0.6) is 17.2 Å². The number of carbonyl (C=O) groups is 1. The van der Waals surface area contributed by atoms with Crippen molar-refractivity contribution >= 4 is 5.91 Å². The number of hydrogen-bond acceptors (Lipinski definition) is 3. The average molecular weight is 297 g/mol. The quantitative estimate of drug-likeness (QED) is 0.944. The summed E-state index contributed by atoms with van der Waals surface area (Å²) < 4.78 is 11.3. The maximum Gasteiger partial charge on any atom is 0.224 e. The van der Waals surface area contributed by atoms with E-state index < -0.39 is 5.41 Å². The number of methoxy groups -OCH3 is 1. The standard InChI is InChI=1S/C18H19NO3/c1-18(2,17(19)20)16-12-6-4-5-7-14(12)22-15-10-11(21-3)8-9-13(15)16/h4-10,16H,1-3H3,(H2,19,20)/t16-/m0/s1. The van der Waals surface area contributed by atoms with E-state index in [1.807, 2.05) is 56.3 Å². The molecule has 0 aliphatic carbocycles. The highest BCUT2D eigenvalue weighted by Crippen LogP contribution is 2.52. The van der Waals surface area contributed by atoms with Gasteiger partial charge in [-0.05, 0) is 12.1 Å². The second-order valence-electron chi connectivity index (χ2n) is 6.06. The molecule has 0 radical (unpaired) electrons. The summed E-state index contributed by atoms with van der Waals surface area (Å²) in [5.74, 6) is 1.68. The largest absolute Gasteiger partial charge is 0.497 e. The number of primary amides is 1. The molecule has 2 aromatic rings. The number of para-hydroxylation sites is 1. The normalized spacial score (nSPS) is 16.2. The zero-order valence-corrected chi connectivity index (χ0v) is 12.9. The van der Waals surface area contributed by atoms with Crippen LogP contribution in [-0.4, -0.2) is 13.0 Å². The topological polar surface area (TPSA) is 61.6 Å². The monoisotopic (exact) mass is 297 g/mol. The predicted octanol–water partition coefficient (Wildman–Crippen LogP) is 3.44. The molecule has 0 saturated heterocycles. The number of hydrogen-bond donors (Lipinski definition) is 1. The molecular weight excluding hydrogens is 278 g/mol. The van der Waals surface area contributed by atoms with Crippen molar-refractivity contribution in [3.05, 3.63) is 53.6 Å². The van der Waals surface area contributed by atoms with Crippen LogP contribution in [0.25, 0.3) is 0 Å². The van der Waals surface area contributed by atoms with Crippen molar-refractivity contribution in [2.75, 3.05) is 7.11 Å². The van der Waals surface area contributed by atoms with E-state index in [2.05, 4.69) is 0 Å². The Bertz CT molecular complexity index is 737. The molecule has 0 fully saturated rings. The number of carbonyl (C=O) groups excluding carboxylic acids is 1. The first-order chi connectivity index (χ1) is 10.4. The van der Waals surface area contributed by atoms with Crippen molar-refractivity contribution < 1.29 is 14.3 Å². The van der Waals surface area contributed by atoms with Crippen molar-refractivity contribution in [1.29, 1.82) is 0 Å². The zero-order valence-electron chi connectivity index (χ0n) is 12.9. The average Bonchev–Trinajstić information content (AvgIpc) is 2.51. The van der Waals surface area contributed by atoms with Gasteiger partial charge >= 0.3 is 0 Å². The first-order valence-corrected chi connectivity index (χ1v) is 7.19. The molecule has 114 valence electrons. The van der Waals surface area contributed by atoms with Gasteiger partial charge in [-0.2, -0.15) is 0 Å². The van der Waals surface area contributed by atoms with Crippen LogP contribution in [0.15, 0.2) is 42.5 Å². The lowest BCUT2D eigenvalue weighted by atomic mass is 9.69. The molecule has 1 aliphatic rings. The number of amides is 1. The second kappa shape index (κ2) is 5.05. The van der Waals surface area contributed by atoms with Crippen LogP contribution >= 0.6 is 0 Å². The van der Waals surface area contributed by atoms with Gasteiger partial charge in [0.05, 0.1) is 12.5 Å². The number of fused-ring (bicyclic) bond motifs is 2. The Morgan fingerprint density at radius 2 is 1.82 bits per heavy atom. The molecule has 1 heterocycles. The highest BCUT2D eigenvalue weighted by atomic mass is 16.5. The molecule has 0 unspecified atom stereocenters. The molecule has 1 amide bonds. The van der Waals surface area contributed by atoms with Crippen LogP contribution < -0.4 is 15.2 Å². The lowest BCUT2D eigenvalue weighted by Crippen LogP contribution is -2.38. The van der Waals surface area contributed by atoms with Crippen molar-refractivity contribution in [3.8, 4) is 17.2 Å². The van der Waals surface area contributed by atoms with Gasteiger partial charge in [-0.25, -0.2) is 0 Å². The molecule has 4 heteroatoms. The second-order valence-corrected chi connectivity index (χ2v) is 6.06. The minimum Gasteiger partial charge on any atom is -0.497 e. The van der Waals surface area contributed by atoms with Gasteiger partial charge in [-0.3, -0.25) is 4.79 Å². The number of nitrogens with two attached hydrogens (primary N) is 1. The van der Waals surface area contributed by atoms with Crippen LogP contribution in [0.4, 0.5) is 0 Å². The van der Waals surface area contributed by atoms with E-state index >= 15 is 0 Å². The molecule has 4 nitrogen and oxygen atoms in total. The summed E-state index contributed by atoms with van der Waals surface area (Å²) in [5, 5.41) is 0. The van der Waals surface area contributed by atoms with Crippen LogP contribution in [0.1, 0.15) is 30.9 Å². The van der Waals surface area contributed by atoms with Gasteiger partial charge < -0.3 is 15.2 Å². The van der Waals surface area contributed by atoms with Crippen molar-refractivity contribution in [3.63, 3.8) is 0 Å². The third-order valence-corrected chi connectivity index (χ3v) is 4.34. The summed E-state index contributed by atoms with van der Waals surface area (Å²) in [7, 11) is 1.61. The maximum atomic E-state index is 12.0. The summed E-state index contributed by atoms with van der Waals surface area (Å²) >= 11 is 0. The van der Waals surface area contributed by atoms with Gasteiger partial charge in [0.1, 0.15) is 17.2 Å². The lowest BCUT2D eigenvalue weighted by molar-refractivity contribution is -0.126. The lowest BCUT2D eigenvalue weighted by Gasteiger charge is -2.37. The minimum atomic E-state index is -0.733. The summed E-state index contributed by atoms with van der Waals surface area (Å²) in [6.07, 6.45) is 0. The Labute approximate surface area is 129 Å². The van der Waals surface area contributed by atoms with Crippen LogP contribution in [0.2, 0.25) is 0 Å².